The second-order valence-electron chi connectivity index (χ2n) is 11.0. The van der Waals surface area contributed by atoms with Crippen molar-refractivity contribution in [1.82, 2.24) is 10.2 Å². The van der Waals surface area contributed by atoms with Crippen LogP contribution in [-0.2, 0) is 32.6 Å². The summed E-state index contributed by atoms with van der Waals surface area (Å²) in [6.45, 7) is 5.02. The molecule has 0 aromatic heterocycles. The van der Waals surface area contributed by atoms with Crippen molar-refractivity contribution in [2.45, 2.75) is 57.1 Å². The first kappa shape index (κ1) is 33.7. The molecule has 0 aliphatic carbocycles. The van der Waals surface area contributed by atoms with E-state index < -0.39 is 34.3 Å². The van der Waals surface area contributed by atoms with Crippen LogP contribution in [0.3, 0.4) is 0 Å². The number of hydrogen-bond acceptors (Lipinski definition) is 4. The number of amides is 2. The van der Waals surface area contributed by atoms with E-state index in [1.54, 1.807) is 36.4 Å². The topological polar surface area (TPSA) is 86.8 Å². The summed E-state index contributed by atoms with van der Waals surface area (Å²) in [5.41, 5.74) is 2.52. The number of nitrogens with zero attached hydrogens (tertiary/aromatic N) is 2. The third-order valence-electron chi connectivity index (χ3n) is 7.54. The molecular weight excluding hydrogens is 613 g/mol. The molecular formula is C35H37ClFN3O4S. The minimum Gasteiger partial charge on any atom is -0.352 e. The molecule has 0 unspecified atom stereocenters. The van der Waals surface area contributed by atoms with Gasteiger partial charge in [0.15, 0.2) is 0 Å². The molecule has 1 N–H and O–H groups in total. The molecule has 2 amide bonds. The molecule has 0 aliphatic heterocycles. The molecule has 4 aromatic carbocycles. The summed E-state index contributed by atoms with van der Waals surface area (Å²) >= 11 is 6.12. The smallest absolute Gasteiger partial charge is 0.264 e. The number of carbonyl (C=O) groups is 2. The molecule has 7 nitrogen and oxygen atoms in total. The SMILES string of the molecule is CC[C@H](C)NC(=O)[C@@H](Cc1ccccc1)N(Cc1ccc(F)cc1)C(=O)CN(c1ccc(Cl)cc1)S(=O)(=O)c1ccc(C)cc1. The van der Waals surface area contributed by atoms with Crippen LogP contribution in [0.1, 0.15) is 37.0 Å². The maximum absolute atomic E-state index is 14.4. The van der Waals surface area contributed by atoms with E-state index in [2.05, 4.69) is 5.32 Å². The molecule has 2 atom stereocenters. The van der Waals surface area contributed by atoms with Gasteiger partial charge in [-0.3, -0.25) is 13.9 Å². The fraction of sp³-hybridized carbons (Fsp3) is 0.257. The van der Waals surface area contributed by atoms with E-state index in [4.69, 9.17) is 11.6 Å². The average Bonchev–Trinajstić information content (AvgIpc) is 3.03. The quantitative estimate of drug-likeness (QED) is 0.178. The largest absolute Gasteiger partial charge is 0.352 e. The highest BCUT2D eigenvalue weighted by Crippen LogP contribution is 2.27. The van der Waals surface area contributed by atoms with Gasteiger partial charge in [0.05, 0.1) is 10.6 Å². The molecule has 0 heterocycles. The summed E-state index contributed by atoms with van der Waals surface area (Å²) in [5, 5.41) is 3.40. The van der Waals surface area contributed by atoms with Crippen LogP contribution in [0.5, 0.6) is 0 Å². The molecule has 45 heavy (non-hydrogen) atoms. The van der Waals surface area contributed by atoms with Gasteiger partial charge in [0.25, 0.3) is 10.0 Å². The molecule has 0 bridgehead atoms. The van der Waals surface area contributed by atoms with E-state index in [-0.39, 0.29) is 35.5 Å². The maximum atomic E-state index is 14.4. The van der Waals surface area contributed by atoms with Crippen LogP contribution in [0, 0.1) is 12.7 Å². The molecule has 0 aliphatic rings. The van der Waals surface area contributed by atoms with Gasteiger partial charge < -0.3 is 10.2 Å². The van der Waals surface area contributed by atoms with E-state index in [9.17, 15) is 22.4 Å². The van der Waals surface area contributed by atoms with Crippen molar-refractivity contribution >= 4 is 39.1 Å². The summed E-state index contributed by atoms with van der Waals surface area (Å²) in [7, 11) is -4.23. The van der Waals surface area contributed by atoms with Crippen molar-refractivity contribution in [1.29, 1.82) is 0 Å². The average molecular weight is 650 g/mol. The number of carbonyl (C=O) groups excluding carboxylic acids is 2. The normalized spacial score (nSPS) is 12.6. The first-order valence-corrected chi connectivity index (χ1v) is 16.5. The number of nitrogens with one attached hydrogen (secondary N) is 1. The first-order valence-electron chi connectivity index (χ1n) is 14.7. The van der Waals surface area contributed by atoms with Gasteiger partial charge in [0.1, 0.15) is 18.4 Å². The summed E-state index contributed by atoms with van der Waals surface area (Å²) in [4.78, 5) is 29.7. The first-order chi connectivity index (χ1) is 21.5. The Morgan fingerprint density at radius 1 is 0.867 bits per heavy atom. The summed E-state index contributed by atoms with van der Waals surface area (Å²) in [5.74, 6) is -1.42. The van der Waals surface area contributed by atoms with Crippen LogP contribution in [0.15, 0.2) is 108 Å². The standard InChI is InChI=1S/C35H37ClFN3O4S/c1-4-26(3)38-35(42)33(22-27-8-6-5-7-9-27)39(23-28-12-16-30(37)17-13-28)34(41)24-40(31-18-14-29(36)15-19-31)45(43,44)32-20-10-25(2)11-21-32/h5-21,26,33H,4,22-24H2,1-3H3,(H,38,42)/t26-,33+/m0/s1. The number of benzene rings is 4. The molecule has 10 heteroatoms. The van der Waals surface area contributed by atoms with Crippen LogP contribution in [0.2, 0.25) is 5.02 Å². The maximum Gasteiger partial charge on any atom is 0.264 e. The Bertz CT molecular complexity index is 1680. The molecule has 0 radical (unpaired) electrons. The lowest BCUT2D eigenvalue weighted by atomic mass is 10.0. The van der Waals surface area contributed by atoms with Gasteiger partial charge in [-0.1, -0.05) is 78.7 Å². The van der Waals surface area contributed by atoms with Crippen LogP contribution >= 0.6 is 11.6 Å². The van der Waals surface area contributed by atoms with Crippen molar-refractivity contribution in [2.24, 2.45) is 0 Å². The Balaban J connectivity index is 1.80. The molecule has 0 fully saturated rings. The highest BCUT2D eigenvalue weighted by atomic mass is 35.5. The minimum absolute atomic E-state index is 0.0104. The van der Waals surface area contributed by atoms with Gasteiger partial charge in [-0.25, -0.2) is 12.8 Å². The highest BCUT2D eigenvalue weighted by molar-refractivity contribution is 7.92. The number of sulfonamides is 1. The summed E-state index contributed by atoms with van der Waals surface area (Å²) in [6.07, 6.45) is 0.858. The Hall–Kier alpha value is -4.21. The zero-order chi connectivity index (χ0) is 32.6. The Labute approximate surface area is 269 Å². The van der Waals surface area contributed by atoms with Gasteiger partial charge in [0, 0.05) is 24.0 Å². The lowest BCUT2D eigenvalue weighted by Crippen LogP contribution is -2.54. The summed E-state index contributed by atoms with van der Waals surface area (Å²) < 4.78 is 43.0. The van der Waals surface area contributed by atoms with Gasteiger partial charge in [-0.2, -0.15) is 0 Å². The predicted octanol–water partition coefficient (Wildman–Crippen LogP) is 6.54. The molecule has 4 aromatic rings. The third-order valence-corrected chi connectivity index (χ3v) is 9.58. The third kappa shape index (κ3) is 8.93. The van der Waals surface area contributed by atoms with Gasteiger partial charge in [0.2, 0.25) is 11.8 Å². The number of aryl methyl sites for hydroxylation is 1. The minimum atomic E-state index is -4.23. The second-order valence-corrected chi connectivity index (χ2v) is 13.3. The molecule has 236 valence electrons. The Kier molecular flexibility index (Phi) is 11.4. The number of anilines is 1. The van der Waals surface area contributed by atoms with Crippen LogP contribution in [-0.4, -0.2) is 43.8 Å². The van der Waals surface area contributed by atoms with E-state index in [0.717, 1.165) is 15.4 Å². The van der Waals surface area contributed by atoms with E-state index in [1.807, 2.05) is 51.1 Å². The van der Waals surface area contributed by atoms with E-state index in [1.165, 1.54) is 41.3 Å². The Morgan fingerprint density at radius 2 is 1.49 bits per heavy atom. The van der Waals surface area contributed by atoms with E-state index in [0.29, 0.717) is 17.0 Å². The molecule has 0 saturated heterocycles. The molecule has 0 saturated carbocycles. The van der Waals surface area contributed by atoms with E-state index >= 15 is 0 Å². The Morgan fingerprint density at radius 3 is 2.09 bits per heavy atom. The van der Waals surface area contributed by atoms with Crippen molar-refractivity contribution in [3.05, 3.63) is 131 Å². The van der Waals surface area contributed by atoms with Crippen molar-refractivity contribution in [3.63, 3.8) is 0 Å². The monoisotopic (exact) mass is 649 g/mol. The molecule has 0 spiro atoms. The van der Waals surface area contributed by atoms with Crippen LogP contribution in [0.25, 0.3) is 0 Å². The lowest BCUT2D eigenvalue weighted by Gasteiger charge is -2.34. The van der Waals surface area contributed by atoms with Crippen molar-refractivity contribution in [2.75, 3.05) is 10.8 Å². The van der Waals surface area contributed by atoms with Gasteiger partial charge in [-0.15, -0.1) is 0 Å². The zero-order valence-electron chi connectivity index (χ0n) is 25.5. The van der Waals surface area contributed by atoms with Gasteiger partial charge in [-0.05, 0) is 79.9 Å². The van der Waals surface area contributed by atoms with Gasteiger partial charge >= 0.3 is 0 Å². The van der Waals surface area contributed by atoms with Crippen molar-refractivity contribution < 1.29 is 22.4 Å². The number of halogens is 2. The van der Waals surface area contributed by atoms with Crippen LogP contribution in [0.4, 0.5) is 10.1 Å². The zero-order valence-corrected chi connectivity index (χ0v) is 27.1. The number of rotatable bonds is 13. The second kappa shape index (κ2) is 15.2. The fourth-order valence-corrected chi connectivity index (χ4v) is 6.30. The number of hydrogen-bond donors (Lipinski definition) is 1. The predicted molar refractivity (Wildman–Crippen MR) is 176 cm³/mol. The fourth-order valence-electron chi connectivity index (χ4n) is 4.76. The lowest BCUT2D eigenvalue weighted by molar-refractivity contribution is -0.140. The summed E-state index contributed by atoms with van der Waals surface area (Å²) in [6, 6.07) is 26.3. The van der Waals surface area contributed by atoms with Crippen molar-refractivity contribution in [3.8, 4) is 0 Å². The molecule has 4 rings (SSSR count). The van der Waals surface area contributed by atoms with Crippen LogP contribution < -0.4 is 9.62 Å². The highest BCUT2D eigenvalue weighted by Gasteiger charge is 2.35.